The van der Waals surface area contributed by atoms with Crippen LogP contribution >= 0.6 is 0 Å². The molecule has 0 saturated heterocycles. The van der Waals surface area contributed by atoms with E-state index in [0.29, 0.717) is 0 Å². The topological polar surface area (TPSA) is 123 Å². The van der Waals surface area contributed by atoms with E-state index in [1.165, 1.54) is 17.0 Å². The number of hydrogen-bond donors (Lipinski definition) is 0. The first-order valence-corrected chi connectivity index (χ1v) is 8.17. The van der Waals surface area contributed by atoms with Crippen molar-refractivity contribution in [3.8, 4) is 11.8 Å². The predicted octanol–water partition coefficient (Wildman–Crippen LogP) is 2.30. The first-order chi connectivity index (χ1) is 12.4. The summed E-state index contributed by atoms with van der Waals surface area (Å²) in [4.78, 5) is 36.1. The monoisotopic (exact) mass is 363 g/mol. The number of nitro groups is 1. The smallest absolute Gasteiger partial charge is 0.311 e. The number of carbonyl (C=O) groups is 2. The van der Waals surface area contributed by atoms with E-state index in [2.05, 4.69) is 0 Å². The number of rotatable bonds is 10. The van der Waals surface area contributed by atoms with Crippen molar-refractivity contribution in [3.05, 3.63) is 33.9 Å². The summed E-state index contributed by atoms with van der Waals surface area (Å²) in [6.45, 7) is 4.02. The van der Waals surface area contributed by atoms with E-state index in [9.17, 15) is 19.7 Å². The average molecular weight is 363 g/mol. The first kappa shape index (κ1) is 20.9. The van der Waals surface area contributed by atoms with Crippen LogP contribution < -0.4 is 4.74 Å². The second-order valence-corrected chi connectivity index (χ2v) is 5.13. The molecular weight excluding hydrogens is 342 g/mol. The zero-order valence-electron chi connectivity index (χ0n) is 14.8. The maximum absolute atomic E-state index is 12.7. The molecule has 0 radical (unpaired) electrons. The van der Waals surface area contributed by atoms with E-state index in [0.717, 1.165) is 6.07 Å². The quantitative estimate of drug-likeness (QED) is 0.355. The number of nitrogens with zero attached hydrogens (tertiary/aromatic N) is 3. The molecule has 140 valence electrons. The maximum atomic E-state index is 12.7. The zero-order chi connectivity index (χ0) is 19.5. The summed E-state index contributed by atoms with van der Waals surface area (Å²) < 4.78 is 10.0. The highest BCUT2D eigenvalue weighted by Gasteiger charge is 2.22. The van der Waals surface area contributed by atoms with E-state index in [1.54, 1.807) is 13.8 Å². The van der Waals surface area contributed by atoms with E-state index in [1.807, 2.05) is 6.07 Å². The van der Waals surface area contributed by atoms with Gasteiger partial charge in [-0.25, -0.2) is 0 Å². The van der Waals surface area contributed by atoms with Crippen LogP contribution in [0.4, 0.5) is 5.69 Å². The first-order valence-electron chi connectivity index (χ1n) is 8.17. The van der Waals surface area contributed by atoms with Gasteiger partial charge in [-0.1, -0.05) is 0 Å². The molecule has 0 N–H and O–H groups in total. The average Bonchev–Trinajstić information content (AvgIpc) is 2.62. The Hall–Kier alpha value is -3.15. The normalized spacial score (nSPS) is 9.88. The van der Waals surface area contributed by atoms with Crippen LogP contribution in [-0.2, 0) is 9.53 Å². The maximum Gasteiger partial charge on any atom is 0.311 e. The van der Waals surface area contributed by atoms with Crippen molar-refractivity contribution in [2.24, 2.45) is 0 Å². The second kappa shape index (κ2) is 10.7. The summed E-state index contributed by atoms with van der Waals surface area (Å²) in [5.74, 6) is -0.889. The van der Waals surface area contributed by atoms with E-state index < -0.39 is 16.8 Å². The highest BCUT2D eigenvalue weighted by atomic mass is 16.6. The number of nitriles is 1. The SMILES string of the molecule is CCOC(=O)CCN(CCC#N)C(=O)c1ccc(OCC)c([N+](=O)[O-])c1. The second-order valence-electron chi connectivity index (χ2n) is 5.13. The van der Waals surface area contributed by atoms with Gasteiger partial charge in [-0.2, -0.15) is 5.26 Å². The van der Waals surface area contributed by atoms with E-state index in [4.69, 9.17) is 14.7 Å². The van der Waals surface area contributed by atoms with Crippen LogP contribution in [0.1, 0.15) is 37.0 Å². The molecule has 0 spiro atoms. The highest BCUT2D eigenvalue weighted by molar-refractivity contribution is 5.95. The van der Waals surface area contributed by atoms with Crippen molar-refractivity contribution in [3.63, 3.8) is 0 Å². The van der Waals surface area contributed by atoms with E-state index in [-0.39, 0.29) is 56.1 Å². The minimum atomic E-state index is -0.625. The minimum Gasteiger partial charge on any atom is -0.487 e. The molecule has 1 aromatic carbocycles. The van der Waals surface area contributed by atoms with Gasteiger partial charge in [0.2, 0.25) is 0 Å². The van der Waals surface area contributed by atoms with Crippen molar-refractivity contribution >= 4 is 17.6 Å². The third kappa shape index (κ3) is 6.05. The molecule has 9 nitrogen and oxygen atoms in total. The number of hydrogen-bond acceptors (Lipinski definition) is 7. The van der Waals surface area contributed by atoms with Gasteiger partial charge < -0.3 is 14.4 Å². The predicted molar refractivity (Wildman–Crippen MR) is 91.6 cm³/mol. The standard InChI is InChI=1S/C17H21N3O6/c1-3-25-15-7-6-13(12-14(15)20(23)24)17(22)19(10-5-9-18)11-8-16(21)26-4-2/h6-7,12H,3-5,8,10-11H2,1-2H3. The Kier molecular flexibility index (Phi) is 8.57. The summed E-state index contributed by atoms with van der Waals surface area (Å²) >= 11 is 0. The van der Waals surface area contributed by atoms with E-state index >= 15 is 0 Å². The Morgan fingerprint density at radius 3 is 2.58 bits per heavy atom. The Labute approximate surface area is 151 Å². The third-order valence-corrected chi connectivity index (χ3v) is 3.37. The molecule has 0 saturated carbocycles. The molecule has 0 heterocycles. The lowest BCUT2D eigenvalue weighted by molar-refractivity contribution is -0.385. The molecule has 0 aromatic heterocycles. The van der Waals surface area contributed by atoms with Gasteiger partial charge in [-0.15, -0.1) is 0 Å². The molecule has 0 aliphatic carbocycles. The van der Waals surface area contributed by atoms with Gasteiger partial charge in [-0.3, -0.25) is 19.7 Å². The zero-order valence-corrected chi connectivity index (χ0v) is 14.8. The van der Waals surface area contributed by atoms with Gasteiger partial charge in [0.15, 0.2) is 5.75 Å². The lowest BCUT2D eigenvalue weighted by atomic mass is 10.1. The Morgan fingerprint density at radius 2 is 2.00 bits per heavy atom. The molecule has 0 unspecified atom stereocenters. The van der Waals surface area contributed by atoms with Gasteiger partial charge in [0.1, 0.15) is 0 Å². The van der Waals surface area contributed by atoms with Gasteiger partial charge in [-0.05, 0) is 26.0 Å². The van der Waals surface area contributed by atoms with Crippen molar-refractivity contribution in [2.75, 3.05) is 26.3 Å². The fourth-order valence-corrected chi connectivity index (χ4v) is 2.21. The van der Waals surface area contributed by atoms with Crippen LogP contribution in [0, 0.1) is 21.4 Å². The molecule has 1 aromatic rings. The Morgan fingerprint density at radius 1 is 1.27 bits per heavy atom. The lowest BCUT2D eigenvalue weighted by Crippen LogP contribution is -2.34. The molecule has 0 bridgehead atoms. The minimum absolute atomic E-state index is 0.0237. The fraction of sp³-hybridized carbons (Fsp3) is 0.471. The summed E-state index contributed by atoms with van der Waals surface area (Å²) in [6, 6.07) is 5.85. The molecule has 0 aliphatic heterocycles. The van der Waals surface area contributed by atoms with Crippen LogP contribution in [0.2, 0.25) is 0 Å². The third-order valence-electron chi connectivity index (χ3n) is 3.37. The number of amides is 1. The molecule has 0 aliphatic rings. The van der Waals surface area contributed by atoms with Crippen LogP contribution in [-0.4, -0.2) is 48.0 Å². The molecule has 9 heteroatoms. The summed E-state index contributed by atoms with van der Waals surface area (Å²) in [6.07, 6.45) is 0.0534. The van der Waals surface area contributed by atoms with Crippen molar-refractivity contribution in [2.45, 2.75) is 26.7 Å². The molecular formula is C17H21N3O6. The van der Waals surface area contributed by atoms with Crippen LogP contribution in [0.25, 0.3) is 0 Å². The number of ether oxygens (including phenoxy) is 2. The van der Waals surface area contributed by atoms with Crippen LogP contribution in [0.5, 0.6) is 5.75 Å². The van der Waals surface area contributed by atoms with Gasteiger partial charge in [0, 0.05) is 24.7 Å². The van der Waals surface area contributed by atoms with Gasteiger partial charge >= 0.3 is 11.7 Å². The largest absolute Gasteiger partial charge is 0.487 e. The molecule has 26 heavy (non-hydrogen) atoms. The van der Waals surface area contributed by atoms with Crippen molar-refractivity contribution < 1.29 is 24.0 Å². The number of carbonyl (C=O) groups excluding carboxylic acids is 2. The lowest BCUT2D eigenvalue weighted by Gasteiger charge is -2.21. The molecule has 0 atom stereocenters. The fourth-order valence-electron chi connectivity index (χ4n) is 2.21. The molecule has 0 fully saturated rings. The van der Waals surface area contributed by atoms with Gasteiger partial charge in [0.25, 0.3) is 5.91 Å². The van der Waals surface area contributed by atoms with Crippen molar-refractivity contribution in [1.29, 1.82) is 5.26 Å². The van der Waals surface area contributed by atoms with Gasteiger partial charge in [0.05, 0.1) is 37.0 Å². The molecule has 1 rings (SSSR count). The van der Waals surface area contributed by atoms with Crippen LogP contribution in [0.15, 0.2) is 18.2 Å². The van der Waals surface area contributed by atoms with Crippen LogP contribution in [0.3, 0.4) is 0 Å². The Bertz CT molecular complexity index is 698. The number of esters is 1. The van der Waals surface area contributed by atoms with Crippen molar-refractivity contribution in [1.82, 2.24) is 4.90 Å². The number of nitro benzene ring substituents is 1. The summed E-state index contributed by atoms with van der Waals surface area (Å²) in [7, 11) is 0. The summed E-state index contributed by atoms with van der Waals surface area (Å²) in [5, 5.41) is 20.0. The number of benzene rings is 1. The highest BCUT2D eigenvalue weighted by Crippen LogP contribution is 2.28. The summed E-state index contributed by atoms with van der Waals surface area (Å²) in [5.41, 5.74) is -0.231. The molecule has 1 amide bonds. The Balaban J connectivity index is 3.02.